The lowest BCUT2D eigenvalue weighted by Crippen LogP contribution is -2.46. The highest BCUT2D eigenvalue weighted by Gasteiger charge is 2.20. The lowest BCUT2D eigenvalue weighted by Gasteiger charge is -2.34. The number of aryl methyl sites for hydroxylation is 2. The van der Waals surface area contributed by atoms with E-state index in [1.54, 1.807) is 12.3 Å². The molecule has 1 fully saturated rings. The van der Waals surface area contributed by atoms with Gasteiger partial charge in [-0.1, -0.05) is 0 Å². The van der Waals surface area contributed by atoms with Gasteiger partial charge in [0.25, 0.3) is 0 Å². The maximum absolute atomic E-state index is 5.47. The summed E-state index contributed by atoms with van der Waals surface area (Å²) in [5.74, 6) is 1.41. The van der Waals surface area contributed by atoms with Crippen LogP contribution in [-0.2, 0) is 13.1 Å². The zero-order valence-electron chi connectivity index (χ0n) is 14.8. The summed E-state index contributed by atoms with van der Waals surface area (Å²) in [5.41, 5.74) is 2.45. The fraction of sp³-hybridized carbons (Fsp3) is 0.588. The minimum Gasteiger partial charge on any atom is -0.478 e. The molecule has 0 bridgehead atoms. The van der Waals surface area contributed by atoms with E-state index < -0.39 is 0 Å². The smallest absolute Gasteiger partial charge is 0.228 e. The first kappa shape index (κ1) is 16.7. The van der Waals surface area contributed by atoms with Crippen LogP contribution in [0.1, 0.15) is 25.1 Å². The third-order valence-corrected chi connectivity index (χ3v) is 4.33. The average Bonchev–Trinajstić information content (AvgIpc) is 2.96. The summed E-state index contributed by atoms with van der Waals surface area (Å²) in [5, 5.41) is 4.53. The Hall–Kier alpha value is -2.15. The standard InChI is InChI=1S/C17H26N6O/c1-4-23-13-15(14(3)20-23)12-21-8-10-22(11-9-21)17-18-7-6-16(19-17)24-5-2/h6-7,13H,4-5,8-12H2,1-3H3. The molecule has 0 aliphatic carbocycles. The zero-order chi connectivity index (χ0) is 16.9. The Morgan fingerprint density at radius 3 is 2.62 bits per heavy atom. The number of hydrogen-bond donors (Lipinski definition) is 0. The van der Waals surface area contributed by atoms with Crippen molar-refractivity contribution in [3.8, 4) is 5.88 Å². The largest absolute Gasteiger partial charge is 0.478 e. The summed E-state index contributed by atoms with van der Waals surface area (Å²) < 4.78 is 7.47. The van der Waals surface area contributed by atoms with Crippen molar-refractivity contribution in [3.63, 3.8) is 0 Å². The molecule has 3 rings (SSSR count). The fourth-order valence-corrected chi connectivity index (χ4v) is 2.94. The van der Waals surface area contributed by atoms with Gasteiger partial charge in [-0.15, -0.1) is 0 Å². The molecule has 0 aromatic carbocycles. The molecule has 1 saturated heterocycles. The van der Waals surface area contributed by atoms with E-state index in [0.717, 1.165) is 50.9 Å². The third-order valence-electron chi connectivity index (χ3n) is 4.33. The molecule has 24 heavy (non-hydrogen) atoms. The number of nitrogens with zero attached hydrogens (tertiary/aromatic N) is 6. The van der Waals surface area contributed by atoms with Gasteiger partial charge in [-0.3, -0.25) is 9.58 Å². The molecule has 0 amide bonds. The lowest BCUT2D eigenvalue weighted by molar-refractivity contribution is 0.247. The predicted octanol–water partition coefficient (Wildman–Crippen LogP) is 1.72. The fourth-order valence-electron chi connectivity index (χ4n) is 2.94. The summed E-state index contributed by atoms with van der Waals surface area (Å²) in [6, 6.07) is 1.80. The minimum atomic E-state index is 0.620. The van der Waals surface area contributed by atoms with Crippen molar-refractivity contribution in [1.29, 1.82) is 0 Å². The van der Waals surface area contributed by atoms with E-state index >= 15 is 0 Å². The van der Waals surface area contributed by atoms with Crippen molar-refractivity contribution in [2.45, 2.75) is 33.9 Å². The van der Waals surface area contributed by atoms with Gasteiger partial charge >= 0.3 is 0 Å². The van der Waals surface area contributed by atoms with Crippen molar-refractivity contribution >= 4 is 5.95 Å². The topological polar surface area (TPSA) is 59.3 Å². The molecular formula is C17H26N6O. The molecule has 0 N–H and O–H groups in total. The van der Waals surface area contributed by atoms with Gasteiger partial charge in [0.2, 0.25) is 11.8 Å². The number of aromatic nitrogens is 4. The van der Waals surface area contributed by atoms with Crippen molar-refractivity contribution in [1.82, 2.24) is 24.6 Å². The molecule has 0 radical (unpaired) electrons. The maximum atomic E-state index is 5.47. The summed E-state index contributed by atoms with van der Waals surface area (Å²) in [7, 11) is 0. The van der Waals surface area contributed by atoms with Crippen LogP contribution in [0.15, 0.2) is 18.5 Å². The van der Waals surface area contributed by atoms with Gasteiger partial charge in [0.15, 0.2) is 0 Å². The Balaban J connectivity index is 1.57. The number of rotatable bonds is 6. The van der Waals surface area contributed by atoms with E-state index in [0.29, 0.717) is 12.5 Å². The SMILES string of the molecule is CCOc1ccnc(N2CCN(Cc3cn(CC)nc3C)CC2)n1. The zero-order valence-corrected chi connectivity index (χ0v) is 14.8. The quantitative estimate of drug-likeness (QED) is 0.804. The van der Waals surface area contributed by atoms with Crippen LogP contribution in [0.4, 0.5) is 5.95 Å². The van der Waals surface area contributed by atoms with Crippen LogP contribution < -0.4 is 9.64 Å². The summed E-state index contributed by atoms with van der Waals surface area (Å²) >= 11 is 0. The first-order chi connectivity index (χ1) is 11.7. The van der Waals surface area contributed by atoms with Crippen LogP contribution in [0.5, 0.6) is 5.88 Å². The Bertz CT molecular complexity index is 663. The van der Waals surface area contributed by atoms with E-state index in [1.165, 1.54) is 5.56 Å². The Kier molecular flexibility index (Phi) is 5.30. The molecule has 130 valence electrons. The van der Waals surface area contributed by atoms with Crippen LogP contribution >= 0.6 is 0 Å². The maximum Gasteiger partial charge on any atom is 0.228 e. The van der Waals surface area contributed by atoms with Crippen molar-refractivity contribution < 1.29 is 4.74 Å². The Morgan fingerprint density at radius 1 is 1.17 bits per heavy atom. The minimum absolute atomic E-state index is 0.620. The monoisotopic (exact) mass is 330 g/mol. The van der Waals surface area contributed by atoms with Gasteiger partial charge in [-0.05, 0) is 20.8 Å². The third kappa shape index (κ3) is 3.84. The molecule has 7 heteroatoms. The first-order valence-electron chi connectivity index (χ1n) is 8.65. The Morgan fingerprint density at radius 2 is 1.96 bits per heavy atom. The molecule has 7 nitrogen and oxygen atoms in total. The number of hydrogen-bond acceptors (Lipinski definition) is 6. The second-order valence-electron chi connectivity index (χ2n) is 5.99. The van der Waals surface area contributed by atoms with Crippen LogP contribution in [0.25, 0.3) is 0 Å². The van der Waals surface area contributed by atoms with E-state index in [2.05, 4.69) is 44.9 Å². The second kappa shape index (κ2) is 7.61. The van der Waals surface area contributed by atoms with Gasteiger partial charge in [0.05, 0.1) is 12.3 Å². The molecule has 1 aliphatic rings. The van der Waals surface area contributed by atoms with Crippen molar-refractivity contribution in [3.05, 3.63) is 29.7 Å². The molecule has 0 unspecified atom stereocenters. The van der Waals surface area contributed by atoms with Gasteiger partial charge in [0, 0.05) is 63.3 Å². The average molecular weight is 330 g/mol. The van der Waals surface area contributed by atoms with E-state index in [1.807, 2.05) is 11.6 Å². The molecule has 0 atom stereocenters. The lowest BCUT2D eigenvalue weighted by atomic mass is 10.2. The summed E-state index contributed by atoms with van der Waals surface area (Å²) in [4.78, 5) is 13.6. The highest BCUT2D eigenvalue weighted by Crippen LogP contribution is 2.16. The number of ether oxygens (including phenoxy) is 1. The van der Waals surface area contributed by atoms with Crippen LogP contribution in [0.2, 0.25) is 0 Å². The van der Waals surface area contributed by atoms with E-state index in [9.17, 15) is 0 Å². The molecule has 1 aliphatic heterocycles. The number of piperazine rings is 1. The Labute approximate surface area is 143 Å². The number of anilines is 1. The van der Waals surface area contributed by atoms with Crippen LogP contribution in [0, 0.1) is 6.92 Å². The normalized spacial score (nSPS) is 15.7. The van der Waals surface area contributed by atoms with Crippen molar-refractivity contribution in [2.24, 2.45) is 0 Å². The molecule has 0 saturated carbocycles. The molecule has 3 heterocycles. The highest BCUT2D eigenvalue weighted by atomic mass is 16.5. The molecular weight excluding hydrogens is 304 g/mol. The highest BCUT2D eigenvalue weighted by molar-refractivity contribution is 5.32. The summed E-state index contributed by atoms with van der Waals surface area (Å²) in [6.07, 6.45) is 3.93. The molecule has 0 spiro atoms. The predicted molar refractivity (Wildman–Crippen MR) is 93.3 cm³/mol. The second-order valence-corrected chi connectivity index (χ2v) is 5.99. The van der Waals surface area contributed by atoms with Crippen molar-refractivity contribution in [2.75, 3.05) is 37.7 Å². The first-order valence-corrected chi connectivity index (χ1v) is 8.65. The summed E-state index contributed by atoms with van der Waals surface area (Å²) in [6.45, 7) is 12.5. The molecule has 2 aromatic heterocycles. The van der Waals surface area contributed by atoms with Gasteiger partial charge in [-0.2, -0.15) is 10.1 Å². The van der Waals surface area contributed by atoms with Gasteiger partial charge in [-0.25, -0.2) is 4.98 Å². The van der Waals surface area contributed by atoms with E-state index in [4.69, 9.17) is 4.74 Å². The molecule has 2 aromatic rings. The van der Waals surface area contributed by atoms with Crippen LogP contribution in [-0.4, -0.2) is 57.4 Å². The van der Waals surface area contributed by atoms with Gasteiger partial charge < -0.3 is 9.64 Å². The van der Waals surface area contributed by atoms with Crippen LogP contribution in [0.3, 0.4) is 0 Å². The van der Waals surface area contributed by atoms with E-state index in [-0.39, 0.29) is 0 Å². The van der Waals surface area contributed by atoms with Gasteiger partial charge in [0.1, 0.15) is 0 Å².